The fourth-order valence-corrected chi connectivity index (χ4v) is 2.43. The van der Waals surface area contributed by atoms with E-state index in [9.17, 15) is 14.4 Å². The third-order valence-corrected chi connectivity index (χ3v) is 3.65. The number of aromatic nitrogens is 2. The van der Waals surface area contributed by atoms with Gasteiger partial charge in [-0.05, 0) is 32.4 Å². The lowest BCUT2D eigenvalue weighted by Gasteiger charge is -2.09. The molecule has 0 saturated carbocycles. The number of ether oxygens (including phenoxy) is 1. The van der Waals surface area contributed by atoms with Gasteiger partial charge in [0.15, 0.2) is 0 Å². The SMILES string of the molecule is Cc1cccc2c(=O)n(CCC(=O)NCCC(=O)OC(C)C)cnc12. The van der Waals surface area contributed by atoms with Gasteiger partial charge in [0, 0.05) is 19.5 Å². The van der Waals surface area contributed by atoms with Crippen molar-refractivity contribution in [1.29, 1.82) is 0 Å². The van der Waals surface area contributed by atoms with E-state index >= 15 is 0 Å². The highest BCUT2D eigenvalue weighted by atomic mass is 16.5. The van der Waals surface area contributed by atoms with Crippen molar-refractivity contribution in [3.05, 3.63) is 40.4 Å². The second-order valence-corrected chi connectivity index (χ2v) is 6.10. The largest absolute Gasteiger partial charge is 0.463 e. The summed E-state index contributed by atoms with van der Waals surface area (Å²) >= 11 is 0. The lowest BCUT2D eigenvalue weighted by Crippen LogP contribution is -2.29. The minimum absolute atomic E-state index is 0.126. The molecule has 0 aliphatic heterocycles. The molecule has 0 radical (unpaired) electrons. The van der Waals surface area contributed by atoms with E-state index in [0.717, 1.165) is 5.56 Å². The molecule has 1 N–H and O–H groups in total. The summed E-state index contributed by atoms with van der Waals surface area (Å²) in [5.74, 6) is -0.575. The zero-order chi connectivity index (χ0) is 18.4. The van der Waals surface area contributed by atoms with E-state index in [1.165, 1.54) is 10.9 Å². The monoisotopic (exact) mass is 345 g/mol. The summed E-state index contributed by atoms with van der Waals surface area (Å²) in [6.07, 6.45) is 1.56. The maximum atomic E-state index is 12.4. The molecule has 25 heavy (non-hydrogen) atoms. The first-order valence-electron chi connectivity index (χ1n) is 8.29. The molecule has 2 rings (SSSR count). The quantitative estimate of drug-likeness (QED) is 0.769. The summed E-state index contributed by atoms with van der Waals surface area (Å²) in [5, 5.41) is 3.19. The lowest BCUT2D eigenvalue weighted by atomic mass is 10.1. The number of nitrogens with one attached hydrogen (secondary N) is 1. The first-order chi connectivity index (χ1) is 11.9. The van der Waals surface area contributed by atoms with Crippen molar-refractivity contribution in [2.75, 3.05) is 6.54 Å². The average Bonchev–Trinajstić information content (AvgIpc) is 2.54. The van der Waals surface area contributed by atoms with Crippen LogP contribution in [0.25, 0.3) is 10.9 Å². The van der Waals surface area contributed by atoms with E-state index in [1.807, 2.05) is 19.1 Å². The first-order valence-corrected chi connectivity index (χ1v) is 8.29. The van der Waals surface area contributed by atoms with Gasteiger partial charge in [-0.25, -0.2) is 4.98 Å². The molecular formula is C18H23N3O4. The van der Waals surface area contributed by atoms with Gasteiger partial charge >= 0.3 is 5.97 Å². The van der Waals surface area contributed by atoms with Crippen molar-refractivity contribution in [1.82, 2.24) is 14.9 Å². The van der Waals surface area contributed by atoms with Crippen LogP contribution in [0.4, 0.5) is 0 Å². The molecule has 7 heteroatoms. The van der Waals surface area contributed by atoms with Crippen LogP contribution in [0.1, 0.15) is 32.3 Å². The summed E-state index contributed by atoms with van der Waals surface area (Å²) in [6, 6.07) is 5.44. The second-order valence-electron chi connectivity index (χ2n) is 6.10. The minimum Gasteiger partial charge on any atom is -0.463 e. The molecule has 2 aromatic rings. The number of rotatable bonds is 7. The zero-order valence-corrected chi connectivity index (χ0v) is 14.7. The molecule has 0 atom stereocenters. The van der Waals surface area contributed by atoms with Crippen molar-refractivity contribution in [3.63, 3.8) is 0 Å². The molecule has 0 fully saturated rings. The number of nitrogens with zero attached hydrogens (tertiary/aromatic N) is 2. The number of aryl methyl sites for hydroxylation is 2. The first kappa shape index (κ1) is 18.6. The topological polar surface area (TPSA) is 90.3 Å². The molecule has 1 aromatic carbocycles. The van der Waals surface area contributed by atoms with Gasteiger partial charge < -0.3 is 10.1 Å². The number of amides is 1. The molecule has 7 nitrogen and oxygen atoms in total. The Hall–Kier alpha value is -2.70. The van der Waals surface area contributed by atoms with Crippen LogP contribution >= 0.6 is 0 Å². The van der Waals surface area contributed by atoms with Crippen LogP contribution in [-0.4, -0.2) is 34.1 Å². The van der Waals surface area contributed by atoms with Gasteiger partial charge in [-0.3, -0.25) is 19.0 Å². The zero-order valence-electron chi connectivity index (χ0n) is 14.7. The van der Waals surface area contributed by atoms with E-state index in [0.29, 0.717) is 10.9 Å². The number of hydrogen-bond donors (Lipinski definition) is 1. The maximum Gasteiger partial charge on any atom is 0.307 e. The fraction of sp³-hybridized carbons (Fsp3) is 0.444. The van der Waals surface area contributed by atoms with Crippen molar-refractivity contribution in [3.8, 4) is 0 Å². The average molecular weight is 345 g/mol. The van der Waals surface area contributed by atoms with Crippen LogP contribution in [0.2, 0.25) is 0 Å². The number of carbonyl (C=O) groups excluding carboxylic acids is 2. The Morgan fingerprint density at radius 2 is 2.04 bits per heavy atom. The summed E-state index contributed by atoms with van der Waals surface area (Å²) in [7, 11) is 0. The molecule has 0 unspecified atom stereocenters. The van der Waals surface area contributed by atoms with Gasteiger partial charge in [-0.15, -0.1) is 0 Å². The molecule has 134 valence electrons. The summed E-state index contributed by atoms with van der Waals surface area (Å²) < 4.78 is 6.41. The molecule has 0 aliphatic carbocycles. The Morgan fingerprint density at radius 3 is 2.76 bits per heavy atom. The van der Waals surface area contributed by atoms with Crippen LogP contribution in [0, 0.1) is 6.92 Å². The van der Waals surface area contributed by atoms with Crippen LogP contribution in [0.15, 0.2) is 29.3 Å². The number of hydrogen-bond acceptors (Lipinski definition) is 5. The van der Waals surface area contributed by atoms with Crippen molar-refractivity contribution in [2.24, 2.45) is 0 Å². The second kappa shape index (κ2) is 8.41. The third-order valence-electron chi connectivity index (χ3n) is 3.65. The fourth-order valence-electron chi connectivity index (χ4n) is 2.43. The molecule has 1 aromatic heterocycles. The van der Waals surface area contributed by atoms with E-state index in [1.54, 1.807) is 19.9 Å². The lowest BCUT2D eigenvalue weighted by molar-refractivity contribution is -0.147. The van der Waals surface area contributed by atoms with E-state index in [2.05, 4.69) is 10.3 Å². The van der Waals surface area contributed by atoms with Crippen LogP contribution in [0.5, 0.6) is 0 Å². The number of esters is 1. The van der Waals surface area contributed by atoms with E-state index in [-0.39, 0.29) is 49.5 Å². The number of fused-ring (bicyclic) bond motifs is 1. The summed E-state index contributed by atoms with van der Waals surface area (Å²) in [4.78, 5) is 40.0. The van der Waals surface area contributed by atoms with Crippen LogP contribution < -0.4 is 10.9 Å². The van der Waals surface area contributed by atoms with Gasteiger partial charge in [0.25, 0.3) is 5.56 Å². The van der Waals surface area contributed by atoms with Crippen LogP contribution in [0.3, 0.4) is 0 Å². The molecule has 0 bridgehead atoms. The molecule has 0 aliphatic rings. The number of carbonyl (C=O) groups is 2. The predicted molar refractivity (Wildman–Crippen MR) is 94.2 cm³/mol. The third kappa shape index (κ3) is 5.14. The standard InChI is InChI=1S/C18H23N3O4/c1-12(2)25-16(23)7-9-19-15(22)8-10-21-11-20-17-13(3)5-4-6-14(17)18(21)24/h4-6,11-12H,7-10H2,1-3H3,(H,19,22). The van der Waals surface area contributed by atoms with Gasteiger partial charge in [0.2, 0.25) is 5.91 Å². The summed E-state index contributed by atoms with van der Waals surface area (Å²) in [5.41, 5.74) is 1.45. The molecule has 0 saturated heterocycles. The highest BCUT2D eigenvalue weighted by Crippen LogP contribution is 2.11. The van der Waals surface area contributed by atoms with Crippen LogP contribution in [-0.2, 0) is 20.9 Å². The van der Waals surface area contributed by atoms with Crippen molar-refractivity contribution < 1.29 is 14.3 Å². The van der Waals surface area contributed by atoms with Gasteiger partial charge in [0.1, 0.15) is 0 Å². The molecule has 1 heterocycles. The van der Waals surface area contributed by atoms with Gasteiger partial charge in [-0.2, -0.15) is 0 Å². The normalized spacial score (nSPS) is 10.9. The van der Waals surface area contributed by atoms with E-state index in [4.69, 9.17) is 4.74 Å². The Balaban J connectivity index is 1.88. The number of para-hydroxylation sites is 1. The molecular weight excluding hydrogens is 322 g/mol. The molecule has 0 spiro atoms. The Bertz CT molecular complexity index is 827. The summed E-state index contributed by atoms with van der Waals surface area (Å²) in [6.45, 7) is 5.89. The maximum absolute atomic E-state index is 12.4. The highest BCUT2D eigenvalue weighted by molar-refractivity contribution is 5.80. The highest BCUT2D eigenvalue weighted by Gasteiger charge is 2.09. The Morgan fingerprint density at radius 1 is 1.28 bits per heavy atom. The minimum atomic E-state index is -0.347. The number of benzene rings is 1. The smallest absolute Gasteiger partial charge is 0.307 e. The van der Waals surface area contributed by atoms with Crippen molar-refractivity contribution >= 4 is 22.8 Å². The Labute approximate surface area is 146 Å². The Kier molecular flexibility index (Phi) is 6.27. The van der Waals surface area contributed by atoms with Gasteiger partial charge in [0.05, 0.1) is 29.8 Å². The molecule has 1 amide bonds. The predicted octanol–water partition coefficient (Wildman–Crippen LogP) is 1.55. The van der Waals surface area contributed by atoms with E-state index < -0.39 is 0 Å². The van der Waals surface area contributed by atoms with Crippen molar-refractivity contribution in [2.45, 2.75) is 46.3 Å². The van der Waals surface area contributed by atoms with Gasteiger partial charge in [-0.1, -0.05) is 12.1 Å².